The van der Waals surface area contributed by atoms with Gasteiger partial charge in [0.2, 0.25) is 0 Å². The fourth-order valence-corrected chi connectivity index (χ4v) is 2.35. The Labute approximate surface area is 118 Å². The zero-order valence-electron chi connectivity index (χ0n) is 11.0. The predicted octanol–water partition coefficient (Wildman–Crippen LogP) is 3.30. The minimum absolute atomic E-state index is 0.167. The number of aliphatic hydroxyl groups is 1. The third-order valence-corrected chi connectivity index (χ3v) is 3.51. The van der Waals surface area contributed by atoms with E-state index in [0.29, 0.717) is 18.9 Å². The largest absolute Gasteiger partial charge is 0.484 e. The first-order chi connectivity index (χ1) is 9.71. The molecule has 0 saturated heterocycles. The Bertz CT molecular complexity index is 539. The monoisotopic (exact) mass is 305 g/mol. The Kier molecular flexibility index (Phi) is 4.08. The molecule has 1 N–H and O–H groups in total. The van der Waals surface area contributed by atoms with Crippen molar-refractivity contribution in [2.45, 2.75) is 37.5 Å². The fourth-order valence-electron chi connectivity index (χ4n) is 2.35. The van der Waals surface area contributed by atoms with Crippen LogP contribution in [-0.4, -0.2) is 22.2 Å². The highest BCUT2D eigenvalue weighted by Gasteiger charge is 2.35. The Hall–Kier alpha value is -1.83. The number of halogens is 3. The Morgan fingerprint density at radius 1 is 1.33 bits per heavy atom. The van der Waals surface area contributed by atoms with Crippen LogP contribution in [0.15, 0.2) is 18.2 Å². The lowest BCUT2D eigenvalue weighted by molar-refractivity contribution is -0.386. The molecule has 0 aromatic heterocycles. The van der Waals surface area contributed by atoms with Crippen LogP contribution in [-0.2, 0) is 6.18 Å². The third-order valence-electron chi connectivity index (χ3n) is 3.51. The van der Waals surface area contributed by atoms with Crippen LogP contribution in [0.25, 0.3) is 0 Å². The van der Waals surface area contributed by atoms with E-state index < -0.39 is 28.0 Å². The van der Waals surface area contributed by atoms with Crippen molar-refractivity contribution in [3.63, 3.8) is 0 Å². The normalized spacial score (nSPS) is 17.7. The van der Waals surface area contributed by atoms with Crippen LogP contribution in [0.1, 0.15) is 31.2 Å². The molecule has 0 spiro atoms. The molecule has 1 aliphatic carbocycles. The van der Waals surface area contributed by atoms with Gasteiger partial charge in [-0.15, -0.1) is 0 Å². The number of hydrogen-bond acceptors (Lipinski definition) is 4. The van der Waals surface area contributed by atoms with Crippen LogP contribution in [0.4, 0.5) is 18.9 Å². The molecule has 1 aromatic carbocycles. The molecule has 116 valence electrons. The van der Waals surface area contributed by atoms with Gasteiger partial charge in [-0.1, -0.05) is 12.8 Å². The summed E-state index contributed by atoms with van der Waals surface area (Å²) in [5, 5.41) is 21.0. The van der Waals surface area contributed by atoms with Gasteiger partial charge in [0.25, 0.3) is 0 Å². The van der Waals surface area contributed by atoms with Crippen LogP contribution < -0.4 is 4.74 Å². The van der Waals surface area contributed by atoms with Gasteiger partial charge >= 0.3 is 11.9 Å². The SMILES string of the molecule is O=[N+]([O-])c1cc(C(F)(F)F)ccc1OCC1(O)CCCC1. The number of ether oxygens (including phenoxy) is 1. The van der Waals surface area contributed by atoms with E-state index >= 15 is 0 Å². The molecule has 0 radical (unpaired) electrons. The van der Waals surface area contributed by atoms with Crippen LogP contribution in [0.2, 0.25) is 0 Å². The smallest absolute Gasteiger partial charge is 0.416 e. The van der Waals surface area contributed by atoms with Crippen molar-refractivity contribution in [1.82, 2.24) is 0 Å². The Morgan fingerprint density at radius 2 is 1.95 bits per heavy atom. The fraction of sp³-hybridized carbons (Fsp3) is 0.538. The van der Waals surface area contributed by atoms with Gasteiger partial charge in [0, 0.05) is 6.07 Å². The summed E-state index contributed by atoms with van der Waals surface area (Å²) in [4.78, 5) is 9.95. The van der Waals surface area contributed by atoms with Crippen molar-refractivity contribution >= 4 is 5.69 Å². The van der Waals surface area contributed by atoms with E-state index in [0.717, 1.165) is 25.0 Å². The van der Waals surface area contributed by atoms with Crippen molar-refractivity contribution in [3.05, 3.63) is 33.9 Å². The lowest BCUT2D eigenvalue weighted by atomic mass is 10.0. The summed E-state index contributed by atoms with van der Waals surface area (Å²) < 4.78 is 42.9. The zero-order valence-corrected chi connectivity index (χ0v) is 11.0. The molecule has 0 unspecified atom stereocenters. The third kappa shape index (κ3) is 3.63. The molecule has 8 heteroatoms. The maximum atomic E-state index is 12.6. The van der Waals surface area contributed by atoms with Crippen molar-refractivity contribution < 1.29 is 27.9 Å². The molecule has 0 atom stereocenters. The standard InChI is InChI=1S/C13H14F3NO4/c14-13(15,16)9-3-4-11(10(7-9)17(19)20)21-8-12(18)5-1-2-6-12/h3-4,7,18H,1-2,5-6,8H2. The molecule has 0 aliphatic heterocycles. The second kappa shape index (κ2) is 5.51. The van der Waals surface area contributed by atoms with Gasteiger partial charge in [0.05, 0.1) is 16.1 Å². The summed E-state index contributed by atoms with van der Waals surface area (Å²) >= 11 is 0. The maximum Gasteiger partial charge on any atom is 0.416 e. The second-order valence-corrected chi connectivity index (χ2v) is 5.16. The Balaban J connectivity index is 2.21. The summed E-state index contributed by atoms with van der Waals surface area (Å²) in [6.45, 7) is -0.167. The molecule has 5 nitrogen and oxygen atoms in total. The highest BCUT2D eigenvalue weighted by Crippen LogP contribution is 2.37. The van der Waals surface area contributed by atoms with E-state index in [1.807, 2.05) is 0 Å². The van der Waals surface area contributed by atoms with E-state index in [-0.39, 0.29) is 12.4 Å². The zero-order chi connectivity index (χ0) is 15.7. The van der Waals surface area contributed by atoms with E-state index in [1.54, 1.807) is 0 Å². The molecular weight excluding hydrogens is 291 g/mol. The average molecular weight is 305 g/mol. The van der Waals surface area contributed by atoms with Gasteiger partial charge in [-0.25, -0.2) is 0 Å². The first kappa shape index (κ1) is 15.6. The lowest BCUT2D eigenvalue weighted by Gasteiger charge is -2.22. The van der Waals surface area contributed by atoms with Crippen LogP contribution >= 0.6 is 0 Å². The minimum Gasteiger partial charge on any atom is -0.484 e. The average Bonchev–Trinajstić information content (AvgIpc) is 2.82. The molecule has 0 heterocycles. The number of rotatable bonds is 4. The van der Waals surface area contributed by atoms with E-state index in [2.05, 4.69) is 0 Å². The molecule has 21 heavy (non-hydrogen) atoms. The van der Waals surface area contributed by atoms with Gasteiger partial charge in [0.15, 0.2) is 5.75 Å². The summed E-state index contributed by atoms with van der Waals surface area (Å²) in [7, 11) is 0. The number of alkyl halides is 3. The van der Waals surface area contributed by atoms with Gasteiger partial charge in [-0.05, 0) is 25.0 Å². The topological polar surface area (TPSA) is 72.6 Å². The molecule has 1 aromatic rings. The number of hydrogen-bond donors (Lipinski definition) is 1. The van der Waals surface area contributed by atoms with E-state index in [4.69, 9.17) is 4.74 Å². The summed E-state index contributed by atoms with van der Waals surface area (Å²) in [6, 6.07) is 2.08. The van der Waals surface area contributed by atoms with E-state index in [9.17, 15) is 28.4 Å². The first-order valence-electron chi connectivity index (χ1n) is 6.42. The maximum absolute atomic E-state index is 12.6. The lowest BCUT2D eigenvalue weighted by Crippen LogP contribution is -2.32. The van der Waals surface area contributed by atoms with Crippen molar-refractivity contribution in [1.29, 1.82) is 0 Å². The highest BCUT2D eigenvalue weighted by molar-refractivity contribution is 5.49. The van der Waals surface area contributed by atoms with Gasteiger partial charge < -0.3 is 9.84 Å². The highest BCUT2D eigenvalue weighted by atomic mass is 19.4. The Morgan fingerprint density at radius 3 is 2.48 bits per heavy atom. The molecule has 2 rings (SSSR count). The minimum atomic E-state index is -4.66. The predicted molar refractivity (Wildman–Crippen MR) is 67.0 cm³/mol. The van der Waals surface area contributed by atoms with E-state index in [1.165, 1.54) is 0 Å². The number of benzene rings is 1. The van der Waals surface area contributed by atoms with Crippen molar-refractivity contribution in [3.8, 4) is 5.75 Å². The molecular formula is C13H14F3NO4. The molecule has 1 saturated carbocycles. The number of nitro groups is 1. The molecule has 1 fully saturated rings. The van der Waals surface area contributed by atoms with Crippen LogP contribution in [0.5, 0.6) is 5.75 Å². The van der Waals surface area contributed by atoms with Crippen molar-refractivity contribution in [2.75, 3.05) is 6.61 Å². The number of nitrogens with zero attached hydrogens (tertiary/aromatic N) is 1. The van der Waals surface area contributed by atoms with Crippen LogP contribution in [0, 0.1) is 10.1 Å². The summed E-state index contributed by atoms with van der Waals surface area (Å²) in [5.41, 5.74) is -2.93. The van der Waals surface area contributed by atoms with Gasteiger partial charge in [-0.3, -0.25) is 10.1 Å². The summed E-state index contributed by atoms with van der Waals surface area (Å²) in [6.07, 6.45) is -1.97. The second-order valence-electron chi connectivity index (χ2n) is 5.16. The molecule has 0 amide bonds. The quantitative estimate of drug-likeness (QED) is 0.684. The van der Waals surface area contributed by atoms with Gasteiger partial charge in [-0.2, -0.15) is 13.2 Å². The first-order valence-corrected chi connectivity index (χ1v) is 6.42. The van der Waals surface area contributed by atoms with Crippen LogP contribution in [0.3, 0.4) is 0 Å². The molecule has 1 aliphatic rings. The molecule has 0 bridgehead atoms. The van der Waals surface area contributed by atoms with Crippen molar-refractivity contribution in [2.24, 2.45) is 0 Å². The van der Waals surface area contributed by atoms with Gasteiger partial charge in [0.1, 0.15) is 6.61 Å². The summed E-state index contributed by atoms with van der Waals surface area (Å²) in [5.74, 6) is -0.270. The number of nitro benzene ring substituents is 1.